The third-order valence-corrected chi connectivity index (χ3v) is 1.54. The van der Waals surface area contributed by atoms with Gasteiger partial charge in [-0.15, -0.1) is 0 Å². The molecular weight excluding hydrogens is 154 g/mol. The summed E-state index contributed by atoms with van der Waals surface area (Å²) >= 11 is 0. The maximum absolute atomic E-state index is 11.3. The molecule has 12 heavy (non-hydrogen) atoms. The summed E-state index contributed by atoms with van der Waals surface area (Å²) in [6, 6.07) is -0.465. The zero-order chi connectivity index (χ0) is 9.72. The van der Waals surface area contributed by atoms with E-state index in [9.17, 15) is 4.79 Å². The number of nitrogens with two attached hydrogens (primary N) is 1. The predicted octanol–water partition coefficient (Wildman–Crippen LogP) is 0.964. The lowest BCUT2D eigenvalue weighted by Gasteiger charge is -2.14. The maximum atomic E-state index is 11.3. The number of hydrogen-bond acceptors (Lipinski definition) is 3. The Labute approximate surface area is 74.3 Å². The highest BCUT2D eigenvalue weighted by Crippen LogP contribution is 1.99. The predicted molar refractivity (Wildman–Crippen MR) is 48.9 cm³/mol. The summed E-state index contributed by atoms with van der Waals surface area (Å²) in [6.45, 7) is 7.86. The Bertz CT molecular complexity index is 143. The van der Waals surface area contributed by atoms with Gasteiger partial charge in [0.05, 0.1) is 18.8 Å². The summed E-state index contributed by atoms with van der Waals surface area (Å²) in [5.41, 5.74) is 5.59. The first-order chi connectivity index (χ1) is 5.45. The lowest BCUT2D eigenvalue weighted by Crippen LogP contribution is -2.38. The molecule has 0 bridgehead atoms. The molecule has 0 aromatic rings. The van der Waals surface area contributed by atoms with Crippen LogP contribution in [-0.4, -0.2) is 24.5 Å². The SMILES string of the molecule is CC(C)OC[C@H](N)C(=O)C(C)C. The minimum Gasteiger partial charge on any atom is -0.377 e. The molecule has 2 N–H and O–H groups in total. The first-order valence-corrected chi connectivity index (χ1v) is 4.36. The zero-order valence-electron chi connectivity index (χ0n) is 8.33. The van der Waals surface area contributed by atoms with Gasteiger partial charge < -0.3 is 10.5 Å². The molecule has 72 valence electrons. The van der Waals surface area contributed by atoms with E-state index in [-0.39, 0.29) is 17.8 Å². The fourth-order valence-corrected chi connectivity index (χ4v) is 0.806. The fourth-order valence-electron chi connectivity index (χ4n) is 0.806. The Hall–Kier alpha value is -0.410. The lowest BCUT2D eigenvalue weighted by atomic mass is 10.0. The van der Waals surface area contributed by atoms with Crippen molar-refractivity contribution in [1.29, 1.82) is 0 Å². The summed E-state index contributed by atoms with van der Waals surface area (Å²) in [5.74, 6) is 0.0615. The topological polar surface area (TPSA) is 52.3 Å². The van der Waals surface area contributed by atoms with Crippen molar-refractivity contribution >= 4 is 5.78 Å². The monoisotopic (exact) mass is 173 g/mol. The molecule has 0 heterocycles. The Morgan fingerprint density at radius 1 is 1.33 bits per heavy atom. The highest BCUT2D eigenvalue weighted by atomic mass is 16.5. The van der Waals surface area contributed by atoms with Crippen molar-refractivity contribution in [3.8, 4) is 0 Å². The van der Waals surface area contributed by atoms with Crippen molar-refractivity contribution in [2.75, 3.05) is 6.61 Å². The second-order valence-electron chi connectivity index (χ2n) is 3.55. The van der Waals surface area contributed by atoms with Crippen LogP contribution in [0.4, 0.5) is 0 Å². The van der Waals surface area contributed by atoms with Gasteiger partial charge in [0.1, 0.15) is 0 Å². The molecule has 0 fully saturated rings. The van der Waals surface area contributed by atoms with Crippen LogP contribution in [0.5, 0.6) is 0 Å². The van der Waals surface area contributed by atoms with Crippen molar-refractivity contribution in [3.63, 3.8) is 0 Å². The number of ketones is 1. The van der Waals surface area contributed by atoms with Crippen molar-refractivity contribution in [2.24, 2.45) is 11.7 Å². The average molecular weight is 173 g/mol. The van der Waals surface area contributed by atoms with E-state index in [0.29, 0.717) is 6.61 Å². The molecule has 0 aromatic heterocycles. The number of hydrogen-bond donors (Lipinski definition) is 1. The van der Waals surface area contributed by atoms with Crippen LogP contribution >= 0.6 is 0 Å². The molecule has 3 nitrogen and oxygen atoms in total. The Kier molecular flexibility index (Phi) is 5.09. The van der Waals surface area contributed by atoms with Crippen LogP contribution in [0.1, 0.15) is 27.7 Å². The van der Waals surface area contributed by atoms with Crippen molar-refractivity contribution < 1.29 is 9.53 Å². The smallest absolute Gasteiger partial charge is 0.154 e. The van der Waals surface area contributed by atoms with Gasteiger partial charge in [0, 0.05) is 5.92 Å². The Balaban J connectivity index is 3.72. The Morgan fingerprint density at radius 2 is 1.83 bits per heavy atom. The summed E-state index contributed by atoms with van der Waals surface area (Å²) in [7, 11) is 0. The maximum Gasteiger partial charge on any atom is 0.154 e. The van der Waals surface area contributed by atoms with E-state index in [0.717, 1.165) is 0 Å². The van der Waals surface area contributed by atoms with Crippen molar-refractivity contribution in [2.45, 2.75) is 39.8 Å². The van der Waals surface area contributed by atoms with E-state index in [1.165, 1.54) is 0 Å². The molecule has 0 aliphatic heterocycles. The van der Waals surface area contributed by atoms with Crippen LogP contribution < -0.4 is 5.73 Å². The molecule has 1 atom stereocenters. The molecular formula is C9H19NO2. The highest BCUT2D eigenvalue weighted by Gasteiger charge is 2.17. The second kappa shape index (κ2) is 5.27. The van der Waals surface area contributed by atoms with Gasteiger partial charge in [-0.05, 0) is 13.8 Å². The van der Waals surface area contributed by atoms with Gasteiger partial charge in [-0.3, -0.25) is 4.79 Å². The normalized spacial score (nSPS) is 13.9. The number of ether oxygens (including phenoxy) is 1. The van der Waals surface area contributed by atoms with Crippen molar-refractivity contribution in [1.82, 2.24) is 0 Å². The van der Waals surface area contributed by atoms with Crippen molar-refractivity contribution in [3.05, 3.63) is 0 Å². The van der Waals surface area contributed by atoms with Crippen LogP contribution in [0.3, 0.4) is 0 Å². The average Bonchev–Trinajstić information content (AvgIpc) is 1.98. The lowest BCUT2D eigenvalue weighted by molar-refractivity contribution is -0.124. The molecule has 0 radical (unpaired) electrons. The second-order valence-corrected chi connectivity index (χ2v) is 3.55. The first kappa shape index (κ1) is 11.6. The summed E-state index contributed by atoms with van der Waals surface area (Å²) in [5, 5.41) is 0. The molecule has 0 spiro atoms. The number of carbonyl (C=O) groups excluding carboxylic acids is 1. The van der Waals surface area contributed by atoms with Gasteiger partial charge in [0.15, 0.2) is 5.78 Å². The number of rotatable bonds is 5. The minimum atomic E-state index is -0.465. The molecule has 0 unspecified atom stereocenters. The summed E-state index contributed by atoms with van der Waals surface area (Å²) in [6.07, 6.45) is 0.135. The number of carbonyl (C=O) groups is 1. The summed E-state index contributed by atoms with van der Waals surface area (Å²) < 4.78 is 5.23. The summed E-state index contributed by atoms with van der Waals surface area (Å²) in [4.78, 5) is 11.3. The van der Waals surface area contributed by atoms with E-state index in [1.807, 2.05) is 27.7 Å². The largest absolute Gasteiger partial charge is 0.377 e. The van der Waals surface area contributed by atoms with Gasteiger partial charge in [-0.25, -0.2) is 0 Å². The van der Waals surface area contributed by atoms with E-state index in [4.69, 9.17) is 10.5 Å². The van der Waals surface area contributed by atoms with Crippen LogP contribution in [0.15, 0.2) is 0 Å². The van der Waals surface area contributed by atoms with E-state index < -0.39 is 6.04 Å². The van der Waals surface area contributed by atoms with E-state index in [2.05, 4.69) is 0 Å². The number of Topliss-reactive ketones (excluding diaryl/α,β-unsaturated/α-hetero) is 1. The van der Waals surface area contributed by atoms with E-state index in [1.54, 1.807) is 0 Å². The molecule has 0 saturated heterocycles. The van der Waals surface area contributed by atoms with Crippen LogP contribution in [0.25, 0.3) is 0 Å². The van der Waals surface area contributed by atoms with Gasteiger partial charge in [-0.2, -0.15) is 0 Å². The van der Waals surface area contributed by atoms with Gasteiger partial charge in [0.25, 0.3) is 0 Å². The molecule has 0 amide bonds. The molecule has 0 aliphatic carbocycles. The van der Waals surface area contributed by atoms with E-state index >= 15 is 0 Å². The minimum absolute atomic E-state index is 0.00392. The highest BCUT2D eigenvalue weighted by molar-refractivity contribution is 5.85. The third-order valence-electron chi connectivity index (χ3n) is 1.54. The molecule has 0 aromatic carbocycles. The molecule has 0 saturated carbocycles. The van der Waals surface area contributed by atoms with Gasteiger partial charge in [0.2, 0.25) is 0 Å². The Morgan fingerprint density at radius 3 is 2.17 bits per heavy atom. The van der Waals surface area contributed by atoms with Crippen LogP contribution in [-0.2, 0) is 9.53 Å². The van der Waals surface area contributed by atoms with Crippen LogP contribution in [0.2, 0.25) is 0 Å². The fraction of sp³-hybridized carbons (Fsp3) is 0.889. The van der Waals surface area contributed by atoms with Crippen LogP contribution in [0, 0.1) is 5.92 Å². The third kappa shape index (κ3) is 4.46. The molecule has 3 heteroatoms. The molecule has 0 aliphatic rings. The van der Waals surface area contributed by atoms with Gasteiger partial charge >= 0.3 is 0 Å². The zero-order valence-corrected chi connectivity index (χ0v) is 8.33. The standard InChI is InChI=1S/C9H19NO2/c1-6(2)9(11)8(10)5-12-7(3)4/h6-8H,5,10H2,1-4H3/t8-/m0/s1. The van der Waals surface area contributed by atoms with Gasteiger partial charge in [-0.1, -0.05) is 13.8 Å². The molecule has 0 rings (SSSR count). The quantitative estimate of drug-likeness (QED) is 0.673. The first-order valence-electron chi connectivity index (χ1n) is 4.36.